The molecule has 0 heterocycles. The first kappa shape index (κ1) is 22.0. The third kappa shape index (κ3) is 4.41. The molecular formula is C26H48. The average molecular weight is 361 g/mol. The molecule has 0 amide bonds. The van der Waals surface area contributed by atoms with Gasteiger partial charge in [-0.2, -0.15) is 0 Å². The molecule has 0 spiro atoms. The smallest absolute Gasteiger partial charge is 0.0162 e. The molecule has 2 rings (SSSR count). The van der Waals surface area contributed by atoms with Crippen molar-refractivity contribution in [3.63, 3.8) is 0 Å². The van der Waals surface area contributed by atoms with E-state index in [0.717, 1.165) is 23.7 Å². The van der Waals surface area contributed by atoms with E-state index in [2.05, 4.69) is 55.4 Å². The molecule has 26 heavy (non-hydrogen) atoms. The molecule has 0 radical (unpaired) electrons. The molecule has 5 unspecified atom stereocenters. The van der Waals surface area contributed by atoms with Gasteiger partial charge in [0.25, 0.3) is 0 Å². The van der Waals surface area contributed by atoms with Gasteiger partial charge in [0.05, 0.1) is 0 Å². The van der Waals surface area contributed by atoms with Crippen molar-refractivity contribution in [2.75, 3.05) is 0 Å². The van der Waals surface area contributed by atoms with Crippen LogP contribution < -0.4 is 0 Å². The number of rotatable bonds is 9. The Bertz CT molecular complexity index is 478. The van der Waals surface area contributed by atoms with Gasteiger partial charge in [-0.05, 0) is 80.5 Å². The molecule has 152 valence electrons. The molecule has 0 nitrogen and oxygen atoms in total. The molecule has 0 saturated heterocycles. The van der Waals surface area contributed by atoms with E-state index in [1.54, 1.807) is 5.57 Å². The Hall–Kier alpha value is -0.260. The van der Waals surface area contributed by atoms with Gasteiger partial charge in [-0.1, -0.05) is 84.8 Å². The zero-order valence-corrected chi connectivity index (χ0v) is 19.4. The molecular weight excluding hydrogens is 312 g/mol. The van der Waals surface area contributed by atoms with E-state index in [0.29, 0.717) is 10.8 Å². The van der Waals surface area contributed by atoms with Gasteiger partial charge in [-0.3, -0.25) is 0 Å². The van der Waals surface area contributed by atoms with Gasteiger partial charge in [-0.25, -0.2) is 0 Å². The van der Waals surface area contributed by atoms with Crippen LogP contribution in [0.3, 0.4) is 0 Å². The molecule has 0 aromatic rings. The van der Waals surface area contributed by atoms with Gasteiger partial charge >= 0.3 is 0 Å². The van der Waals surface area contributed by atoms with Crippen LogP contribution in [0.2, 0.25) is 0 Å². The highest BCUT2D eigenvalue weighted by Crippen LogP contribution is 2.60. The van der Waals surface area contributed by atoms with Gasteiger partial charge in [0.1, 0.15) is 0 Å². The summed E-state index contributed by atoms with van der Waals surface area (Å²) < 4.78 is 0. The largest absolute Gasteiger partial charge is 0.0769 e. The lowest BCUT2D eigenvalue weighted by Crippen LogP contribution is -2.47. The van der Waals surface area contributed by atoms with Crippen molar-refractivity contribution in [3.05, 3.63) is 11.1 Å². The molecule has 5 atom stereocenters. The van der Waals surface area contributed by atoms with Crippen LogP contribution in [-0.2, 0) is 0 Å². The summed E-state index contributed by atoms with van der Waals surface area (Å²) in [5.74, 6) is 3.70. The van der Waals surface area contributed by atoms with E-state index in [1.807, 2.05) is 5.57 Å². The average Bonchev–Trinajstić information content (AvgIpc) is 2.89. The maximum Gasteiger partial charge on any atom is -0.0162 e. The molecule has 2 saturated carbocycles. The third-order valence-corrected chi connectivity index (χ3v) is 8.42. The van der Waals surface area contributed by atoms with Gasteiger partial charge in [0.2, 0.25) is 0 Å². The summed E-state index contributed by atoms with van der Waals surface area (Å²) >= 11 is 0. The van der Waals surface area contributed by atoms with Crippen molar-refractivity contribution in [2.45, 2.75) is 120 Å². The highest BCUT2D eigenvalue weighted by molar-refractivity contribution is 5.22. The minimum Gasteiger partial charge on any atom is -0.0769 e. The molecule has 0 aromatic heterocycles. The SMILES string of the molecule is CCCC1CC(C(CC2(C)CCCC2CC)=C(C)C)C1C(C)(C)CCC. The first-order valence-electron chi connectivity index (χ1n) is 11.9. The highest BCUT2D eigenvalue weighted by atomic mass is 14.6. The summed E-state index contributed by atoms with van der Waals surface area (Å²) in [5.41, 5.74) is 4.58. The lowest BCUT2D eigenvalue weighted by Gasteiger charge is -2.55. The standard InChI is InChI=1S/C26H48/c1-9-13-20-17-22(24(20)25(6,7)15-10-2)23(19(4)5)18-26(8)16-12-14-21(26)11-3/h20-22,24H,9-18H2,1-8H3. The Kier molecular flexibility index (Phi) is 7.48. The van der Waals surface area contributed by atoms with E-state index < -0.39 is 0 Å². The Morgan fingerprint density at radius 3 is 2.31 bits per heavy atom. The second-order valence-electron chi connectivity index (χ2n) is 11.0. The summed E-state index contributed by atoms with van der Waals surface area (Å²) in [6.07, 6.45) is 14.1. The molecule has 0 aliphatic heterocycles. The molecule has 0 bridgehead atoms. The summed E-state index contributed by atoms with van der Waals surface area (Å²) in [7, 11) is 0. The summed E-state index contributed by atoms with van der Waals surface area (Å²) in [6, 6.07) is 0. The van der Waals surface area contributed by atoms with Crippen molar-refractivity contribution in [1.82, 2.24) is 0 Å². The Morgan fingerprint density at radius 1 is 1.08 bits per heavy atom. The molecule has 2 aliphatic rings. The molecule has 2 fully saturated rings. The van der Waals surface area contributed by atoms with E-state index in [9.17, 15) is 0 Å². The van der Waals surface area contributed by atoms with Crippen LogP contribution in [0, 0.1) is 34.5 Å². The number of hydrogen-bond acceptors (Lipinski definition) is 0. The topological polar surface area (TPSA) is 0 Å². The fraction of sp³-hybridized carbons (Fsp3) is 0.923. The molecule has 0 N–H and O–H groups in total. The zero-order valence-electron chi connectivity index (χ0n) is 19.4. The highest BCUT2D eigenvalue weighted by Gasteiger charge is 2.50. The Labute approximate surface area is 165 Å². The second-order valence-corrected chi connectivity index (χ2v) is 11.0. The minimum absolute atomic E-state index is 0.499. The predicted molar refractivity (Wildman–Crippen MR) is 117 cm³/mol. The van der Waals surface area contributed by atoms with Gasteiger partial charge in [0, 0.05) is 0 Å². The summed E-state index contributed by atoms with van der Waals surface area (Å²) in [4.78, 5) is 0. The minimum atomic E-state index is 0.499. The van der Waals surface area contributed by atoms with Crippen LogP contribution in [0.1, 0.15) is 120 Å². The Morgan fingerprint density at radius 2 is 1.77 bits per heavy atom. The lowest BCUT2D eigenvalue weighted by molar-refractivity contribution is -0.0244. The van der Waals surface area contributed by atoms with Crippen molar-refractivity contribution < 1.29 is 0 Å². The van der Waals surface area contributed by atoms with Crippen molar-refractivity contribution >= 4 is 0 Å². The second kappa shape index (κ2) is 8.83. The fourth-order valence-corrected chi connectivity index (χ4v) is 7.12. The maximum atomic E-state index is 2.62. The lowest BCUT2D eigenvalue weighted by atomic mass is 9.49. The van der Waals surface area contributed by atoms with Crippen LogP contribution in [0.25, 0.3) is 0 Å². The fourth-order valence-electron chi connectivity index (χ4n) is 7.12. The van der Waals surface area contributed by atoms with Crippen LogP contribution >= 0.6 is 0 Å². The first-order valence-corrected chi connectivity index (χ1v) is 11.9. The Balaban J connectivity index is 2.25. The number of hydrogen-bond donors (Lipinski definition) is 0. The summed E-state index contributed by atoms with van der Waals surface area (Å²) in [5, 5.41) is 0. The van der Waals surface area contributed by atoms with Crippen LogP contribution in [-0.4, -0.2) is 0 Å². The third-order valence-electron chi connectivity index (χ3n) is 8.42. The predicted octanol–water partition coefficient (Wildman–Crippen LogP) is 8.81. The van der Waals surface area contributed by atoms with Crippen molar-refractivity contribution in [3.8, 4) is 0 Å². The van der Waals surface area contributed by atoms with E-state index in [1.165, 1.54) is 64.2 Å². The number of allylic oxidation sites excluding steroid dienone is 2. The van der Waals surface area contributed by atoms with E-state index >= 15 is 0 Å². The van der Waals surface area contributed by atoms with Crippen LogP contribution in [0.4, 0.5) is 0 Å². The van der Waals surface area contributed by atoms with Crippen molar-refractivity contribution in [2.24, 2.45) is 34.5 Å². The van der Waals surface area contributed by atoms with Crippen LogP contribution in [0.15, 0.2) is 11.1 Å². The first-order chi connectivity index (χ1) is 12.2. The maximum absolute atomic E-state index is 2.62. The van der Waals surface area contributed by atoms with Gasteiger partial charge in [-0.15, -0.1) is 0 Å². The van der Waals surface area contributed by atoms with E-state index in [-0.39, 0.29) is 0 Å². The monoisotopic (exact) mass is 360 g/mol. The van der Waals surface area contributed by atoms with Gasteiger partial charge in [0.15, 0.2) is 0 Å². The zero-order chi connectivity index (χ0) is 19.5. The van der Waals surface area contributed by atoms with E-state index in [4.69, 9.17) is 0 Å². The van der Waals surface area contributed by atoms with Crippen molar-refractivity contribution in [1.29, 1.82) is 0 Å². The molecule has 0 aromatic carbocycles. The molecule has 0 heteroatoms. The summed E-state index contributed by atoms with van der Waals surface area (Å²) in [6.45, 7) is 19.8. The van der Waals surface area contributed by atoms with Crippen LogP contribution in [0.5, 0.6) is 0 Å². The molecule has 2 aliphatic carbocycles. The quantitative estimate of drug-likeness (QED) is 0.360. The normalized spacial score (nSPS) is 34.6. The van der Waals surface area contributed by atoms with Gasteiger partial charge < -0.3 is 0 Å².